The number of benzene rings is 1. The summed E-state index contributed by atoms with van der Waals surface area (Å²) in [6, 6.07) is 10.1. The quantitative estimate of drug-likeness (QED) is 0.212. The number of methoxy groups -OCH3 is 1. The number of nitrogen functional groups attached to an aromatic ring is 1. The van der Waals surface area contributed by atoms with E-state index in [9.17, 15) is 5.26 Å². The van der Waals surface area contributed by atoms with E-state index in [-0.39, 0.29) is 29.6 Å². The Kier molecular flexibility index (Phi) is 10.1. The van der Waals surface area contributed by atoms with E-state index in [4.69, 9.17) is 10.5 Å². The zero-order chi connectivity index (χ0) is 21.4. The van der Waals surface area contributed by atoms with Crippen LogP contribution in [0, 0.1) is 18.3 Å². The first-order valence-electron chi connectivity index (χ1n) is 9.65. The van der Waals surface area contributed by atoms with Crippen LogP contribution in [0.3, 0.4) is 0 Å². The van der Waals surface area contributed by atoms with E-state index in [1.165, 1.54) is 0 Å². The van der Waals surface area contributed by atoms with Crippen LogP contribution in [0.25, 0.3) is 5.69 Å². The van der Waals surface area contributed by atoms with Crippen molar-refractivity contribution in [2.45, 2.75) is 39.2 Å². The van der Waals surface area contributed by atoms with Crippen molar-refractivity contribution in [1.82, 2.24) is 20.4 Å². The highest BCUT2D eigenvalue weighted by molar-refractivity contribution is 14.0. The number of nitriles is 1. The normalized spacial score (nSPS) is 11.5. The molecular weight excluding hydrogens is 493 g/mol. The van der Waals surface area contributed by atoms with E-state index in [0.29, 0.717) is 42.5 Å². The minimum atomic E-state index is -0.278. The molecule has 0 aliphatic carbocycles. The maximum Gasteiger partial charge on any atom is 0.191 e. The lowest BCUT2D eigenvalue weighted by Gasteiger charge is -2.24. The van der Waals surface area contributed by atoms with Gasteiger partial charge in [0.2, 0.25) is 0 Å². The van der Waals surface area contributed by atoms with Crippen LogP contribution < -0.4 is 16.4 Å². The van der Waals surface area contributed by atoms with E-state index in [2.05, 4.69) is 26.8 Å². The highest BCUT2D eigenvalue weighted by Crippen LogP contribution is 2.21. The molecule has 0 aliphatic rings. The van der Waals surface area contributed by atoms with Gasteiger partial charge < -0.3 is 21.1 Å². The number of nitrogens with zero attached hydrogens (tertiary/aromatic N) is 4. The Morgan fingerprint density at radius 3 is 2.53 bits per heavy atom. The van der Waals surface area contributed by atoms with E-state index < -0.39 is 0 Å². The third-order valence-corrected chi connectivity index (χ3v) is 4.72. The summed E-state index contributed by atoms with van der Waals surface area (Å²) >= 11 is 0. The minimum Gasteiger partial charge on any atom is -0.382 e. The van der Waals surface area contributed by atoms with Crippen LogP contribution in [0.1, 0.15) is 37.1 Å². The summed E-state index contributed by atoms with van der Waals surface area (Å²) in [5, 5.41) is 20.6. The molecule has 2 rings (SSSR count). The number of nitrogens with two attached hydrogens (primary N) is 1. The van der Waals surface area contributed by atoms with Crippen LogP contribution in [-0.4, -0.2) is 48.6 Å². The fourth-order valence-corrected chi connectivity index (χ4v) is 2.71. The second-order valence-corrected chi connectivity index (χ2v) is 7.49. The average molecular weight is 525 g/mol. The molecule has 2 aromatic rings. The van der Waals surface area contributed by atoms with Gasteiger partial charge in [-0.2, -0.15) is 10.4 Å². The van der Waals surface area contributed by atoms with Crippen LogP contribution in [0.2, 0.25) is 0 Å². The number of hydrogen-bond donors (Lipinski definition) is 3. The Hall–Kier alpha value is -2.32. The number of nitrogens with one attached hydrogen (secondary N) is 2. The van der Waals surface area contributed by atoms with Crippen molar-refractivity contribution in [2.24, 2.45) is 4.99 Å². The lowest BCUT2D eigenvalue weighted by atomic mass is 10.1. The molecule has 30 heavy (non-hydrogen) atoms. The molecule has 8 nitrogen and oxygen atoms in total. The second-order valence-electron chi connectivity index (χ2n) is 7.49. The number of anilines is 1. The van der Waals surface area contributed by atoms with Crippen LogP contribution in [-0.2, 0) is 11.2 Å². The molecule has 0 atom stereocenters. The average Bonchev–Trinajstić information content (AvgIpc) is 3.03. The molecule has 1 aromatic heterocycles. The van der Waals surface area contributed by atoms with Crippen molar-refractivity contribution >= 4 is 35.8 Å². The van der Waals surface area contributed by atoms with E-state index in [1.54, 1.807) is 18.8 Å². The number of aromatic nitrogens is 2. The smallest absolute Gasteiger partial charge is 0.191 e. The Morgan fingerprint density at radius 1 is 1.30 bits per heavy atom. The molecule has 0 unspecified atom stereocenters. The van der Waals surface area contributed by atoms with Gasteiger partial charge in [0.15, 0.2) is 5.96 Å². The van der Waals surface area contributed by atoms with E-state index in [1.807, 2.05) is 45.0 Å². The molecular formula is C21H32IN7O. The SMILES string of the molecule is CN=C(NCCCc1nn(-c2ccc(C)cc2)c(N)c1C#N)NCC(C)(C)OC.I. The van der Waals surface area contributed by atoms with Crippen LogP contribution >= 0.6 is 24.0 Å². The number of aliphatic imine (C=N–C) groups is 1. The lowest BCUT2D eigenvalue weighted by molar-refractivity contribution is 0.0268. The first-order chi connectivity index (χ1) is 13.8. The molecule has 164 valence electrons. The topological polar surface area (TPSA) is 113 Å². The van der Waals surface area contributed by atoms with Gasteiger partial charge in [-0.25, -0.2) is 4.68 Å². The second kappa shape index (κ2) is 11.8. The summed E-state index contributed by atoms with van der Waals surface area (Å²) in [5.74, 6) is 1.08. The van der Waals surface area contributed by atoms with E-state index >= 15 is 0 Å². The molecule has 0 amide bonds. The third-order valence-electron chi connectivity index (χ3n) is 4.72. The molecule has 0 bridgehead atoms. The molecule has 0 spiro atoms. The fraction of sp³-hybridized carbons (Fsp3) is 0.476. The number of rotatable bonds is 8. The standard InChI is InChI=1S/C21H31N7O.HI/c1-15-8-10-16(11-9-15)28-19(23)17(13-22)18(27-28)7-6-12-25-20(24-4)26-14-21(2,3)29-5;/h8-11H,6-7,12,14,23H2,1-5H3,(H2,24,25,26);1H. The molecule has 1 aromatic carbocycles. The van der Waals surface area contributed by atoms with Gasteiger partial charge in [0.25, 0.3) is 0 Å². The van der Waals surface area contributed by atoms with Gasteiger partial charge in [-0.1, -0.05) is 17.7 Å². The van der Waals surface area contributed by atoms with Crippen molar-refractivity contribution in [3.05, 3.63) is 41.1 Å². The largest absolute Gasteiger partial charge is 0.382 e. The number of ether oxygens (including phenoxy) is 1. The monoisotopic (exact) mass is 525 g/mol. The first-order valence-corrected chi connectivity index (χ1v) is 9.65. The first kappa shape index (κ1) is 25.7. The lowest BCUT2D eigenvalue weighted by Crippen LogP contribution is -2.45. The van der Waals surface area contributed by atoms with Crippen LogP contribution in [0.5, 0.6) is 0 Å². The van der Waals surface area contributed by atoms with Gasteiger partial charge in [-0.3, -0.25) is 4.99 Å². The van der Waals surface area contributed by atoms with Crippen LogP contribution in [0.4, 0.5) is 5.82 Å². The van der Waals surface area contributed by atoms with Crippen molar-refractivity contribution in [3.63, 3.8) is 0 Å². The molecule has 0 saturated carbocycles. The zero-order valence-electron chi connectivity index (χ0n) is 18.3. The Labute approximate surface area is 195 Å². The molecule has 0 radical (unpaired) electrons. The molecule has 0 fully saturated rings. The molecule has 1 heterocycles. The fourth-order valence-electron chi connectivity index (χ4n) is 2.71. The summed E-state index contributed by atoms with van der Waals surface area (Å²) in [6.45, 7) is 7.36. The number of aryl methyl sites for hydroxylation is 2. The Morgan fingerprint density at radius 2 is 1.97 bits per heavy atom. The third kappa shape index (κ3) is 6.88. The summed E-state index contributed by atoms with van der Waals surface area (Å²) in [4.78, 5) is 4.22. The molecule has 4 N–H and O–H groups in total. The number of hydrogen-bond acceptors (Lipinski definition) is 5. The van der Waals surface area contributed by atoms with Gasteiger partial charge in [0.1, 0.15) is 17.5 Å². The van der Waals surface area contributed by atoms with Gasteiger partial charge in [0.05, 0.1) is 17.0 Å². The molecule has 0 saturated heterocycles. The predicted molar refractivity (Wildman–Crippen MR) is 132 cm³/mol. The molecule has 0 aliphatic heterocycles. The van der Waals surface area contributed by atoms with Crippen molar-refractivity contribution < 1.29 is 4.74 Å². The van der Waals surface area contributed by atoms with Crippen molar-refractivity contribution in [1.29, 1.82) is 5.26 Å². The van der Waals surface area contributed by atoms with Crippen molar-refractivity contribution in [2.75, 3.05) is 33.0 Å². The maximum atomic E-state index is 9.52. The highest BCUT2D eigenvalue weighted by atomic mass is 127. The summed E-state index contributed by atoms with van der Waals surface area (Å²) < 4.78 is 7.03. The predicted octanol–water partition coefficient (Wildman–Crippen LogP) is 2.78. The van der Waals surface area contributed by atoms with Gasteiger partial charge >= 0.3 is 0 Å². The maximum absolute atomic E-state index is 9.52. The zero-order valence-corrected chi connectivity index (χ0v) is 20.7. The number of guanidine groups is 1. The minimum absolute atomic E-state index is 0. The Bertz CT molecular complexity index is 882. The van der Waals surface area contributed by atoms with Gasteiger partial charge in [-0.05, 0) is 45.7 Å². The van der Waals surface area contributed by atoms with Gasteiger partial charge in [0, 0.05) is 27.2 Å². The summed E-state index contributed by atoms with van der Waals surface area (Å²) in [6.07, 6.45) is 1.42. The van der Waals surface area contributed by atoms with Crippen molar-refractivity contribution in [3.8, 4) is 11.8 Å². The van der Waals surface area contributed by atoms with Gasteiger partial charge in [-0.15, -0.1) is 24.0 Å². The van der Waals surface area contributed by atoms with Crippen LogP contribution in [0.15, 0.2) is 29.3 Å². The summed E-state index contributed by atoms with van der Waals surface area (Å²) in [5.41, 5.74) is 9.04. The van der Waals surface area contributed by atoms with E-state index in [0.717, 1.165) is 17.7 Å². The Balaban J connectivity index is 0.00000450. The summed E-state index contributed by atoms with van der Waals surface area (Å²) in [7, 11) is 3.42. The highest BCUT2D eigenvalue weighted by Gasteiger charge is 2.17. The number of halogens is 1. The molecule has 9 heteroatoms.